The van der Waals surface area contributed by atoms with Gasteiger partial charge in [-0.25, -0.2) is 4.90 Å². The Bertz CT molecular complexity index is 536. The lowest BCUT2D eigenvalue weighted by Crippen LogP contribution is -2.34. The maximum atomic E-state index is 13.8. The molecular weight excluding hydrogens is 334 g/mol. The summed E-state index contributed by atoms with van der Waals surface area (Å²) >= 11 is 0.733. The van der Waals surface area contributed by atoms with Crippen LogP contribution in [0.3, 0.4) is 0 Å². The van der Waals surface area contributed by atoms with E-state index in [9.17, 15) is 17.6 Å². The molecule has 1 aliphatic heterocycles. The number of halogens is 4. The van der Waals surface area contributed by atoms with Crippen LogP contribution >= 0.6 is 11.7 Å². The van der Waals surface area contributed by atoms with Crippen LogP contribution in [0.5, 0.6) is 5.88 Å². The van der Waals surface area contributed by atoms with Crippen molar-refractivity contribution < 1.29 is 22.3 Å². The van der Waals surface area contributed by atoms with Crippen LogP contribution in [0.15, 0.2) is 6.08 Å². The predicted octanol–water partition coefficient (Wildman–Crippen LogP) is 4.40. The average molecular weight is 353 g/mol. The molecule has 4 nitrogen and oxygen atoms in total. The summed E-state index contributed by atoms with van der Waals surface area (Å²) in [6.45, 7) is -0.500. The first-order chi connectivity index (χ1) is 10.9. The van der Waals surface area contributed by atoms with Gasteiger partial charge < -0.3 is 4.74 Å². The molecule has 2 heterocycles. The van der Waals surface area contributed by atoms with Crippen molar-refractivity contribution in [3.8, 4) is 5.88 Å². The molecule has 0 bridgehead atoms. The molecule has 0 atom stereocenters. The topological polar surface area (TPSA) is 38.3 Å². The van der Waals surface area contributed by atoms with Gasteiger partial charge in [0.2, 0.25) is 0 Å². The molecule has 0 radical (unpaired) electrons. The van der Waals surface area contributed by atoms with Gasteiger partial charge in [0.15, 0.2) is 0 Å². The van der Waals surface area contributed by atoms with Crippen LogP contribution in [-0.2, 0) is 0 Å². The number of unbranched alkanes of at least 4 members (excludes halogenated alkanes) is 2. The van der Waals surface area contributed by atoms with Crippen molar-refractivity contribution in [3.63, 3.8) is 0 Å². The monoisotopic (exact) mass is 353 g/mol. The van der Waals surface area contributed by atoms with E-state index in [2.05, 4.69) is 8.75 Å². The number of alkyl halides is 4. The Balaban J connectivity index is 2.06. The van der Waals surface area contributed by atoms with Gasteiger partial charge in [0.05, 0.1) is 18.1 Å². The Morgan fingerprint density at radius 1 is 1.35 bits per heavy atom. The molecule has 1 aromatic rings. The summed E-state index contributed by atoms with van der Waals surface area (Å²) in [7, 11) is 0. The van der Waals surface area contributed by atoms with Crippen LogP contribution in [0.4, 0.5) is 17.6 Å². The molecule has 0 saturated carbocycles. The number of hydrogen-bond acceptors (Lipinski definition) is 5. The average Bonchev–Trinajstić information content (AvgIpc) is 2.94. The highest BCUT2D eigenvalue weighted by atomic mass is 32.1. The van der Waals surface area contributed by atoms with Crippen molar-refractivity contribution in [1.82, 2.24) is 13.6 Å². The maximum Gasteiger partial charge on any atom is 0.399 e. The molecule has 0 aromatic carbocycles. The third kappa shape index (κ3) is 5.13. The summed E-state index contributed by atoms with van der Waals surface area (Å²) < 4.78 is 65.7. The first-order valence-corrected chi connectivity index (χ1v) is 8.27. The van der Waals surface area contributed by atoms with Gasteiger partial charge in [-0.1, -0.05) is 25.8 Å². The van der Waals surface area contributed by atoms with Crippen LogP contribution < -0.4 is 4.74 Å². The first kappa shape index (κ1) is 18.1. The predicted molar refractivity (Wildman–Crippen MR) is 79.8 cm³/mol. The summed E-state index contributed by atoms with van der Waals surface area (Å²) in [5.74, 6) is -0.279. The van der Waals surface area contributed by atoms with E-state index in [0.717, 1.165) is 23.0 Å². The third-order valence-corrected chi connectivity index (χ3v) is 4.05. The fourth-order valence-electron chi connectivity index (χ4n) is 2.32. The minimum absolute atomic E-state index is 0.0547. The first-order valence-electron chi connectivity index (χ1n) is 7.54. The molecule has 2 rings (SSSR count). The molecule has 0 amide bonds. The maximum absolute atomic E-state index is 13.8. The smallest absolute Gasteiger partial charge is 0.399 e. The molecule has 9 heteroatoms. The second-order valence-corrected chi connectivity index (χ2v) is 5.91. The number of aromatic nitrogens is 2. The van der Waals surface area contributed by atoms with E-state index >= 15 is 0 Å². The van der Waals surface area contributed by atoms with Crippen LogP contribution in [0, 0.1) is 0 Å². The van der Waals surface area contributed by atoms with Crippen LogP contribution in [0.1, 0.15) is 44.7 Å². The normalized spacial score (nSPS) is 16.7. The minimum atomic E-state index is -3.34. The quantitative estimate of drug-likeness (QED) is 0.394. The Kier molecular flexibility index (Phi) is 6.34. The zero-order chi connectivity index (χ0) is 16.9. The highest BCUT2D eigenvalue weighted by Gasteiger charge is 2.34. The summed E-state index contributed by atoms with van der Waals surface area (Å²) in [6.07, 6.45) is 0.252. The van der Waals surface area contributed by atoms with Crippen molar-refractivity contribution in [2.24, 2.45) is 0 Å². The third-order valence-electron chi connectivity index (χ3n) is 3.54. The highest BCUT2D eigenvalue weighted by molar-refractivity contribution is 6.99. The van der Waals surface area contributed by atoms with E-state index in [4.69, 9.17) is 4.74 Å². The molecule has 0 N–H and O–H groups in total. The lowest BCUT2D eigenvalue weighted by Gasteiger charge is -2.25. The Hall–Kier alpha value is -1.22. The summed E-state index contributed by atoms with van der Waals surface area (Å²) in [5.41, 5.74) is 0.583. The van der Waals surface area contributed by atoms with Crippen molar-refractivity contribution in [2.45, 2.75) is 51.7 Å². The molecule has 1 aromatic heterocycles. The van der Waals surface area contributed by atoms with Gasteiger partial charge in [-0.2, -0.15) is 21.9 Å². The standard InChI is InChI=1S/C14H19F4N3OS/c1-2-3-4-7-14(17,18)22-12-11(19-23-20-12)10-6-5-8-21(9-10)13(15)16/h6,13H,2-5,7-9H2,1H3. The summed E-state index contributed by atoms with van der Waals surface area (Å²) in [5, 5.41) is 0. The Morgan fingerprint density at radius 2 is 2.13 bits per heavy atom. The van der Waals surface area contributed by atoms with Gasteiger partial charge in [-0.3, -0.25) is 0 Å². The van der Waals surface area contributed by atoms with Crippen molar-refractivity contribution >= 4 is 17.3 Å². The molecule has 0 spiro atoms. The lowest BCUT2D eigenvalue weighted by atomic mass is 10.1. The van der Waals surface area contributed by atoms with Gasteiger partial charge in [0.25, 0.3) is 12.4 Å². The van der Waals surface area contributed by atoms with Gasteiger partial charge >= 0.3 is 6.11 Å². The fourth-order valence-corrected chi connectivity index (χ4v) is 2.84. The van der Waals surface area contributed by atoms with E-state index in [1.54, 1.807) is 6.08 Å². The van der Waals surface area contributed by atoms with Crippen molar-refractivity contribution in [3.05, 3.63) is 11.8 Å². The van der Waals surface area contributed by atoms with Gasteiger partial charge in [0.1, 0.15) is 5.69 Å². The van der Waals surface area contributed by atoms with Crippen LogP contribution in [-0.4, -0.2) is 39.4 Å². The highest BCUT2D eigenvalue weighted by Crippen LogP contribution is 2.33. The second-order valence-electron chi connectivity index (χ2n) is 5.38. The summed E-state index contributed by atoms with van der Waals surface area (Å²) in [4.78, 5) is 0.956. The molecule has 1 aliphatic rings. The van der Waals surface area contributed by atoms with Gasteiger partial charge in [-0.05, 0) is 18.4 Å². The molecule has 0 fully saturated rings. The largest absolute Gasteiger partial charge is 0.411 e. The molecule has 0 unspecified atom stereocenters. The Morgan fingerprint density at radius 3 is 2.83 bits per heavy atom. The Labute approximate surface area is 136 Å². The zero-order valence-corrected chi connectivity index (χ0v) is 13.6. The number of hydrogen-bond donors (Lipinski definition) is 0. The van der Waals surface area contributed by atoms with Crippen molar-refractivity contribution in [1.29, 1.82) is 0 Å². The van der Waals surface area contributed by atoms with Crippen LogP contribution in [0.2, 0.25) is 0 Å². The van der Waals surface area contributed by atoms with E-state index in [0.29, 0.717) is 24.8 Å². The van der Waals surface area contributed by atoms with E-state index < -0.39 is 19.1 Å². The molecule has 0 saturated heterocycles. The molecular formula is C14H19F4N3OS. The van der Waals surface area contributed by atoms with Gasteiger partial charge in [0, 0.05) is 13.1 Å². The zero-order valence-electron chi connectivity index (χ0n) is 12.8. The molecule has 23 heavy (non-hydrogen) atoms. The summed E-state index contributed by atoms with van der Waals surface area (Å²) in [6, 6.07) is 0. The second kappa shape index (κ2) is 8.05. The minimum Gasteiger partial charge on any atom is -0.411 e. The molecule has 130 valence electrons. The lowest BCUT2D eigenvalue weighted by molar-refractivity contribution is -0.183. The van der Waals surface area contributed by atoms with Crippen molar-refractivity contribution in [2.75, 3.05) is 13.1 Å². The van der Waals surface area contributed by atoms with Crippen LogP contribution in [0.25, 0.3) is 5.57 Å². The number of ether oxygens (including phenoxy) is 1. The SMILES string of the molecule is CCCCCC(F)(F)Oc1nsnc1C1=CCCN(C(F)F)C1. The number of rotatable bonds is 8. The van der Waals surface area contributed by atoms with E-state index in [-0.39, 0.29) is 24.7 Å². The number of nitrogens with zero attached hydrogens (tertiary/aromatic N) is 3. The fraction of sp³-hybridized carbons (Fsp3) is 0.714. The van der Waals surface area contributed by atoms with E-state index in [1.165, 1.54) is 0 Å². The molecule has 0 aliphatic carbocycles. The van der Waals surface area contributed by atoms with E-state index in [1.807, 2.05) is 6.92 Å². The van der Waals surface area contributed by atoms with Gasteiger partial charge in [-0.15, -0.1) is 4.37 Å².